The number of thiophene rings is 1. The first-order valence-corrected chi connectivity index (χ1v) is 6.78. The van der Waals surface area contributed by atoms with Gasteiger partial charge in [-0.15, -0.1) is 17.8 Å². The lowest BCUT2D eigenvalue weighted by atomic mass is 10.1. The molecule has 0 saturated carbocycles. The molecule has 0 unspecified atom stereocenters. The molecule has 2 rings (SSSR count). The van der Waals surface area contributed by atoms with E-state index in [1.54, 1.807) is 29.6 Å². The second-order valence-corrected chi connectivity index (χ2v) is 5.16. The highest BCUT2D eigenvalue weighted by atomic mass is 32.1. The van der Waals surface area contributed by atoms with Crippen LogP contribution in [-0.4, -0.2) is 12.1 Å². The minimum atomic E-state index is -4.96. The average Bonchev–Trinajstić information content (AvgIpc) is 2.96. The fourth-order valence-corrected chi connectivity index (χ4v) is 2.50. The Balaban J connectivity index is 2.45. The van der Waals surface area contributed by atoms with Crippen molar-refractivity contribution in [2.24, 2.45) is 0 Å². The molecule has 1 heterocycles. The van der Waals surface area contributed by atoms with E-state index in [0.29, 0.717) is 9.78 Å². The van der Waals surface area contributed by atoms with Crippen LogP contribution in [0.15, 0.2) is 41.8 Å². The molecule has 2 aromatic rings. The topological polar surface area (TPSA) is 20.3 Å². The van der Waals surface area contributed by atoms with Crippen LogP contribution in [0.3, 0.4) is 0 Å². The molecule has 0 aliphatic carbocycles. The number of hydrogen-bond acceptors (Lipinski definition) is 2. The summed E-state index contributed by atoms with van der Waals surface area (Å²) in [7, 11) is 0. The van der Waals surface area contributed by atoms with Crippen LogP contribution >= 0.6 is 11.3 Å². The predicted molar refractivity (Wildman–Crippen MR) is 75.9 cm³/mol. The lowest BCUT2D eigenvalue weighted by Crippen LogP contribution is -2.41. The normalized spacial score (nSPS) is 11.0. The molecule has 21 heavy (non-hydrogen) atoms. The second-order valence-electron chi connectivity index (χ2n) is 4.13. The molecule has 0 bridgehead atoms. The Bertz CT molecular complexity index is 671. The van der Waals surface area contributed by atoms with Gasteiger partial charge < -0.3 is 0 Å². The molecule has 0 saturated heterocycles. The van der Waals surface area contributed by atoms with Crippen molar-refractivity contribution in [1.82, 2.24) is 0 Å². The first-order valence-electron chi connectivity index (χ1n) is 5.90. The number of hydrogen-bond donors (Lipinski definition) is 0. The van der Waals surface area contributed by atoms with Gasteiger partial charge >= 0.3 is 12.1 Å². The summed E-state index contributed by atoms with van der Waals surface area (Å²) in [6.07, 6.45) is 0.345. The van der Waals surface area contributed by atoms with E-state index in [1.165, 1.54) is 23.5 Å². The lowest BCUT2D eigenvalue weighted by Gasteiger charge is -2.24. The molecule has 0 aliphatic rings. The number of alkyl halides is 3. The summed E-state index contributed by atoms with van der Waals surface area (Å²) in [6, 6.07) is 9.44. The molecule has 0 fully saturated rings. The molecule has 6 heteroatoms. The van der Waals surface area contributed by atoms with E-state index in [0.717, 1.165) is 0 Å². The number of rotatable bonds is 3. The van der Waals surface area contributed by atoms with Gasteiger partial charge in [-0.2, -0.15) is 13.2 Å². The largest absolute Gasteiger partial charge is 0.471 e. The van der Waals surface area contributed by atoms with E-state index >= 15 is 0 Å². The van der Waals surface area contributed by atoms with Gasteiger partial charge in [0.2, 0.25) is 0 Å². The van der Waals surface area contributed by atoms with Crippen molar-refractivity contribution in [3.8, 4) is 12.3 Å². The number of carbonyl (C=O) groups is 1. The van der Waals surface area contributed by atoms with Gasteiger partial charge in [0, 0.05) is 10.4 Å². The first-order chi connectivity index (χ1) is 9.93. The smallest absolute Gasteiger partial charge is 0.298 e. The quantitative estimate of drug-likeness (QED) is 0.789. The van der Waals surface area contributed by atoms with Crippen LogP contribution < -0.4 is 4.90 Å². The summed E-state index contributed by atoms with van der Waals surface area (Å²) in [5.74, 6) is 0.372. The number of para-hydroxylation sites is 1. The molecule has 0 spiro atoms. The molecule has 0 N–H and O–H groups in total. The summed E-state index contributed by atoms with van der Waals surface area (Å²) < 4.78 is 38.4. The fraction of sp³-hybridized carbons (Fsp3) is 0.133. The van der Waals surface area contributed by atoms with Crippen LogP contribution in [0.2, 0.25) is 0 Å². The Hall–Kier alpha value is -2.26. The van der Waals surface area contributed by atoms with Gasteiger partial charge in [-0.05, 0) is 23.6 Å². The van der Waals surface area contributed by atoms with Crippen molar-refractivity contribution in [3.05, 3.63) is 52.2 Å². The molecule has 1 aromatic carbocycles. The van der Waals surface area contributed by atoms with E-state index in [-0.39, 0.29) is 17.8 Å². The summed E-state index contributed by atoms with van der Waals surface area (Å²) in [6.45, 7) is -0.172. The predicted octanol–water partition coefficient (Wildman–Crippen LogP) is 3.82. The number of carbonyl (C=O) groups excluding carboxylic acids is 1. The monoisotopic (exact) mass is 309 g/mol. The second kappa shape index (κ2) is 6.02. The molecule has 0 atom stereocenters. The summed E-state index contributed by atoms with van der Waals surface area (Å²) >= 11 is 1.27. The van der Waals surface area contributed by atoms with Gasteiger partial charge in [-0.1, -0.05) is 24.1 Å². The van der Waals surface area contributed by atoms with Gasteiger partial charge in [0.05, 0.1) is 12.2 Å². The minimum Gasteiger partial charge on any atom is -0.298 e. The molecular weight excluding hydrogens is 299 g/mol. The summed E-state index contributed by atoms with van der Waals surface area (Å²) in [5, 5.41) is 1.73. The number of nitrogens with zero attached hydrogens (tertiary/aromatic N) is 1. The fourth-order valence-electron chi connectivity index (χ4n) is 1.81. The number of amides is 1. The van der Waals surface area contributed by atoms with Gasteiger partial charge in [0.15, 0.2) is 0 Å². The van der Waals surface area contributed by atoms with E-state index in [4.69, 9.17) is 6.42 Å². The Labute approximate surface area is 123 Å². The molecular formula is C15H10F3NOS. The maximum atomic E-state index is 12.8. The van der Waals surface area contributed by atoms with E-state index < -0.39 is 12.1 Å². The lowest BCUT2D eigenvalue weighted by molar-refractivity contribution is -0.170. The standard InChI is InChI=1S/C15H10F3NOS/c1-2-11-6-3-4-8-13(11)19(14(20)15(16,17)18)10-12-7-5-9-21-12/h1,3-9H,10H2. The van der Waals surface area contributed by atoms with Gasteiger partial charge in [0.25, 0.3) is 0 Å². The van der Waals surface area contributed by atoms with Crippen LogP contribution in [-0.2, 0) is 11.3 Å². The third kappa shape index (κ3) is 3.44. The van der Waals surface area contributed by atoms with Crippen molar-refractivity contribution >= 4 is 22.9 Å². The van der Waals surface area contributed by atoms with E-state index in [2.05, 4.69) is 5.92 Å². The van der Waals surface area contributed by atoms with Crippen molar-refractivity contribution in [2.75, 3.05) is 4.90 Å². The maximum absolute atomic E-state index is 12.8. The van der Waals surface area contributed by atoms with Crippen molar-refractivity contribution < 1.29 is 18.0 Å². The average molecular weight is 309 g/mol. The Morgan fingerprint density at radius 2 is 1.95 bits per heavy atom. The zero-order valence-corrected chi connectivity index (χ0v) is 11.5. The van der Waals surface area contributed by atoms with Crippen LogP contribution in [0.1, 0.15) is 10.4 Å². The maximum Gasteiger partial charge on any atom is 0.471 e. The highest BCUT2D eigenvalue weighted by Crippen LogP contribution is 2.28. The third-order valence-corrected chi connectivity index (χ3v) is 3.59. The van der Waals surface area contributed by atoms with E-state index in [9.17, 15) is 18.0 Å². The first kappa shape index (κ1) is 15.1. The molecule has 1 amide bonds. The zero-order chi connectivity index (χ0) is 15.5. The van der Waals surface area contributed by atoms with Crippen molar-refractivity contribution in [3.63, 3.8) is 0 Å². The molecule has 0 radical (unpaired) electrons. The molecule has 108 valence electrons. The Morgan fingerprint density at radius 1 is 1.24 bits per heavy atom. The van der Waals surface area contributed by atoms with Gasteiger partial charge in [0.1, 0.15) is 0 Å². The minimum absolute atomic E-state index is 0.0794. The summed E-state index contributed by atoms with van der Waals surface area (Å²) in [5.41, 5.74) is 0.322. The number of benzene rings is 1. The summed E-state index contributed by atoms with van der Waals surface area (Å²) in [4.78, 5) is 13.0. The zero-order valence-electron chi connectivity index (χ0n) is 10.7. The molecule has 2 nitrogen and oxygen atoms in total. The molecule has 0 aliphatic heterocycles. The van der Waals surface area contributed by atoms with Crippen LogP contribution in [0, 0.1) is 12.3 Å². The number of anilines is 1. The van der Waals surface area contributed by atoms with Crippen LogP contribution in [0.25, 0.3) is 0 Å². The van der Waals surface area contributed by atoms with Crippen LogP contribution in [0.4, 0.5) is 18.9 Å². The Morgan fingerprint density at radius 3 is 2.52 bits per heavy atom. The van der Waals surface area contributed by atoms with Gasteiger partial charge in [-0.3, -0.25) is 9.69 Å². The highest BCUT2D eigenvalue weighted by Gasteiger charge is 2.43. The highest BCUT2D eigenvalue weighted by molar-refractivity contribution is 7.09. The third-order valence-electron chi connectivity index (χ3n) is 2.73. The van der Waals surface area contributed by atoms with E-state index in [1.807, 2.05) is 0 Å². The van der Waals surface area contributed by atoms with Crippen LogP contribution in [0.5, 0.6) is 0 Å². The molecule has 1 aromatic heterocycles. The Kier molecular flexibility index (Phi) is 4.34. The SMILES string of the molecule is C#Cc1ccccc1N(Cc1cccs1)C(=O)C(F)(F)F. The van der Waals surface area contributed by atoms with Crippen molar-refractivity contribution in [2.45, 2.75) is 12.7 Å². The van der Waals surface area contributed by atoms with Crippen molar-refractivity contribution in [1.29, 1.82) is 0 Å². The number of halogens is 3. The van der Waals surface area contributed by atoms with Gasteiger partial charge in [-0.25, -0.2) is 0 Å². The number of terminal acetylenes is 1.